The number of aromatic nitrogens is 1. The van der Waals surface area contributed by atoms with Crippen molar-refractivity contribution in [1.82, 2.24) is 10.3 Å². The highest BCUT2D eigenvalue weighted by atomic mass is 15.2. The molecule has 0 saturated carbocycles. The monoisotopic (exact) mass is 193 g/mol. The second kappa shape index (κ2) is 4.51. The molecule has 1 unspecified atom stereocenters. The zero-order chi connectivity index (χ0) is 9.80. The molecule has 1 aromatic heterocycles. The fourth-order valence-corrected chi connectivity index (χ4v) is 2.03. The molecule has 0 aliphatic carbocycles. The summed E-state index contributed by atoms with van der Waals surface area (Å²) in [7, 11) is 2.14. The number of nitrogens with zero attached hydrogens (tertiary/aromatic N) is 1. The molecule has 1 saturated heterocycles. The number of nitrogens with one attached hydrogen (secondary N) is 2. The van der Waals surface area contributed by atoms with Crippen LogP contribution < -0.4 is 10.2 Å². The Morgan fingerprint density at radius 1 is 1.57 bits per heavy atom. The maximum absolute atomic E-state index is 3.52. The van der Waals surface area contributed by atoms with Crippen LogP contribution in [0.25, 0.3) is 0 Å². The molecule has 14 heavy (non-hydrogen) atoms. The van der Waals surface area contributed by atoms with Crippen molar-refractivity contribution in [2.45, 2.75) is 25.3 Å². The molecule has 0 spiro atoms. The summed E-state index contributed by atoms with van der Waals surface area (Å²) in [6, 6.07) is 4.90. The van der Waals surface area contributed by atoms with Crippen LogP contribution in [0, 0.1) is 0 Å². The van der Waals surface area contributed by atoms with Crippen LogP contribution in [-0.4, -0.2) is 31.2 Å². The van der Waals surface area contributed by atoms with Gasteiger partial charge in [0.25, 0.3) is 0 Å². The quantitative estimate of drug-likeness (QED) is 0.761. The second-order valence-corrected chi connectivity index (χ2v) is 4.06. The largest absolute Gasteiger partial charge is 0.361 e. The predicted molar refractivity (Wildman–Crippen MR) is 59.7 cm³/mol. The average Bonchev–Trinajstić information content (AvgIpc) is 2.87. The van der Waals surface area contributed by atoms with Crippen molar-refractivity contribution < 1.29 is 0 Å². The summed E-state index contributed by atoms with van der Waals surface area (Å²) in [5.41, 5.74) is 0. The van der Waals surface area contributed by atoms with E-state index in [1.54, 1.807) is 0 Å². The molecule has 2 N–H and O–H groups in total. The number of rotatable bonds is 4. The summed E-state index contributed by atoms with van der Waals surface area (Å²) >= 11 is 0. The van der Waals surface area contributed by atoms with Gasteiger partial charge in [-0.1, -0.05) is 0 Å². The number of hydrogen-bond acceptors (Lipinski definition) is 2. The first-order valence-electron chi connectivity index (χ1n) is 5.44. The second-order valence-electron chi connectivity index (χ2n) is 4.06. The van der Waals surface area contributed by atoms with Crippen LogP contribution in [0.1, 0.15) is 19.3 Å². The lowest BCUT2D eigenvalue weighted by molar-refractivity contribution is 0.558. The number of anilines is 1. The van der Waals surface area contributed by atoms with E-state index in [1.165, 1.54) is 31.6 Å². The van der Waals surface area contributed by atoms with Crippen molar-refractivity contribution in [3.8, 4) is 0 Å². The van der Waals surface area contributed by atoms with E-state index in [0.29, 0.717) is 0 Å². The van der Waals surface area contributed by atoms with Crippen LogP contribution in [0.4, 0.5) is 5.82 Å². The first kappa shape index (κ1) is 9.59. The molecule has 78 valence electrons. The van der Waals surface area contributed by atoms with Gasteiger partial charge < -0.3 is 15.2 Å². The smallest absolute Gasteiger partial charge is 0.105 e. The SMILES string of the molecule is CN(CCC1CCCN1)c1ccc[nH]1. The Morgan fingerprint density at radius 3 is 3.14 bits per heavy atom. The third-order valence-corrected chi connectivity index (χ3v) is 2.97. The highest BCUT2D eigenvalue weighted by Crippen LogP contribution is 2.12. The number of hydrogen-bond donors (Lipinski definition) is 2. The molecule has 1 fully saturated rings. The number of aromatic amines is 1. The van der Waals surface area contributed by atoms with Crippen LogP contribution in [0.3, 0.4) is 0 Å². The van der Waals surface area contributed by atoms with Gasteiger partial charge in [0.1, 0.15) is 5.82 Å². The Morgan fingerprint density at radius 2 is 2.50 bits per heavy atom. The first-order valence-corrected chi connectivity index (χ1v) is 5.44. The molecule has 3 nitrogen and oxygen atoms in total. The van der Waals surface area contributed by atoms with Gasteiger partial charge in [0.15, 0.2) is 0 Å². The summed E-state index contributed by atoms with van der Waals surface area (Å²) in [6.45, 7) is 2.33. The molecule has 0 radical (unpaired) electrons. The van der Waals surface area contributed by atoms with Crippen molar-refractivity contribution in [3.05, 3.63) is 18.3 Å². The minimum absolute atomic E-state index is 0.743. The number of H-pyrrole nitrogens is 1. The molecule has 0 aromatic carbocycles. The summed E-state index contributed by atoms with van der Waals surface area (Å²) in [5, 5.41) is 3.52. The van der Waals surface area contributed by atoms with Gasteiger partial charge in [-0.05, 0) is 37.9 Å². The molecule has 0 bridgehead atoms. The summed E-state index contributed by atoms with van der Waals surface area (Å²) < 4.78 is 0. The van der Waals surface area contributed by atoms with Gasteiger partial charge in [0.05, 0.1) is 0 Å². The van der Waals surface area contributed by atoms with Gasteiger partial charge in [0, 0.05) is 25.8 Å². The molecule has 1 aliphatic rings. The minimum atomic E-state index is 0.743. The highest BCUT2D eigenvalue weighted by molar-refractivity contribution is 5.37. The summed E-state index contributed by atoms with van der Waals surface area (Å²) in [4.78, 5) is 5.50. The van der Waals surface area contributed by atoms with Crippen molar-refractivity contribution in [3.63, 3.8) is 0 Å². The van der Waals surface area contributed by atoms with Crippen LogP contribution >= 0.6 is 0 Å². The minimum Gasteiger partial charge on any atom is -0.361 e. The van der Waals surface area contributed by atoms with Crippen LogP contribution in [0.2, 0.25) is 0 Å². The molecule has 2 rings (SSSR count). The lowest BCUT2D eigenvalue weighted by atomic mass is 10.1. The van der Waals surface area contributed by atoms with Crippen LogP contribution in [0.5, 0.6) is 0 Å². The Hall–Kier alpha value is -0.960. The van der Waals surface area contributed by atoms with E-state index in [0.717, 1.165) is 12.6 Å². The lowest BCUT2D eigenvalue weighted by Crippen LogP contribution is -2.28. The van der Waals surface area contributed by atoms with E-state index >= 15 is 0 Å². The topological polar surface area (TPSA) is 31.1 Å². The first-order chi connectivity index (χ1) is 6.86. The van der Waals surface area contributed by atoms with Crippen molar-refractivity contribution in [1.29, 1.82) is 0 Å². The highest BCUT2D eigenvalue weighted by Gasteiger charge is 2.14. The molecule has 1 aromatic rings. The fraction of sp³-hybridized carbons (Fsp3) is 0.636. The molecule has 3 heteroatoms. The maximum atomic E-state index is 3.52. The van der Waals surface area contributed by atoms with Gasteiger partial charge in [0.2, 0.25) is 0 Å². The zero-order valence-electron chi connectivity index (χ0n) is 8.79. The average molecular weight is 193 g/mol. The van der Waals surface area contributed by atoms with E-state index < -0.39 is 0 Å². The molecule has 1 atom stereocenters. The van der Waals surface area contributed by atoms with Gasteiger partial charge in [-0.3, -0.25) is 0 Å². The summed E-state index contributed by atoms with van der Waals surface area (Å²) in [5.74, 6) is 1.21. The standard InChI is InChI=1S/C11H19N3/c1-14(11-5-3-8-13-11)9-6-10-4-2-7-12-10/h3,5,8,10,12-13H,2,4,6-7,9H2,1H3. The third-order valence-electron chi connectivity index (χ3n) is 2.97. The fourth-order valence-electron chi connectivity index (χ4n) is 2.03. The van der Waals surface area contributed by atoms with E-state index in [-0.39, 0.29) is 0 Å². The van der Waals surface area contributed by atoms with Crippen LogP contribution in [0.15, 0.2) is 18.3 Å². The Balaban J connectivity index is 1.74. The normalized spacial score (nSPS) is 21.4. The summed E-state index contributed by atoms with van der Waals surface area (Å²) in [6.07, 6.45) is 5.91. The van der Waals surface area contributed by atoms with Gasteiger partial charge >= 0.3 is 0 Å². The molecular formula is C11H19N3. The van der Waals surface area contributed by atoms with Gasteiger partial charge in [-0.15, -0.1) is 0 Å². The third kappa shape index (κ3) is 2.29. The Labute approximate surface area is 85.5 Å². The van der Waals surface area contributed by atoms with E-state index in [9.17, 15) is 0 Å². The van der Waals surface area contributed by atoms with E-state index in [1.807, 2.05) is 12.3 Å². The van der Waals surface area contributed by atoms with Crippen molar-refractivity contribution >= 4 is 5.82 Å². The Kier molecular flexibility index (Phi) is 3.09. The van der Waals surface area contributed by atoms with Crippen molar-refractivity contribution in [2.75, 3.05) is 25.0 Å². The lowest BCUT2D eigenvalue weighted by Gasteiger charge is -2.19. The predicted octanol–water partition coefficient (Wildman–Crippen LogP) is 1.59. The van der Waals surface area contributed by atoms with E-state index in [2.05, 4.69) is 28.3 Å². The molecule has 0 amide bonds. The Bertz CT molecular complexity index is 250. The van der Waals surface area contributed by atoms with Crippen LogP contribution in [-0.2, 0) is 0 Å². The van der Waals surface area contributed by atoms with Gasteiger partial charge in [-0.2, -0.15) is 0 Å². The zero-order valence-corrected chi connectivity index (χ0v) is 8.79. The molecular weight excluding hydrogens is 174 g/mol. The molecule has 2 heterocycles. The maximum Gasteiger partial charge on any atom is 0.105 e. The van der Waals surface area contributed by atoms with E-state index in [4.69, 9.17) is 0 Å². The van der Waals surface area contributed by atoms with Crippen molar-refractivity contribution in [2.24, 2.45) is 0 Å². The molecule has 1 aliphatic heterocycles. The van der Waals surface area contributed by atoms with Gasteiger partial charge in [-0.25, -0.2) is 0 Å².